The summed E-state index contributed by atoms with van der Waals surface area (Å²) in [5.74, 6) is -1.85. The zero-order valence-electron chi connectivity index (χ0n) is 15.2. The van der Waals surface area contributed by atoms with Crippen LogP contribution in [0.5, 0.6) is 0 Å². The first-order valence-corrected chi connectivity index (χ1v) is 8.95. The van der Waals surface area contributed by atoms with Crippen molar-refractivity contribution < 1.29 is 13.6 Å². The molecule has 1 amide bonds. The predicted octanol–water partition coefficient (Wildman–Crippen LogP) is 4.39. The Bertz CT molecular complexity index is 774. The Morgan fingerprint density at radius 2 is 1.85 bits per heavy atom. The van der Waals surface area contributed by atoms with Crippen LogP contribution in [-0.2, 0) is 6.54 Å². The lowest BCUT2D eigenvalue weighted by Crippen LogP contribution is -2.39. The lowest BCUT2D eigenvalue weighted by Gasteiger charge is -2.36. The quantitative estimate of drug-likeness (QED) is 0.809. The zero-order chi connectivity index (χ0) is 18.7. The number of carbonyl (C=O) groups is 1. The largest absolute Gasteiger partial charge is 0.332 e. The van der Waals surface area contributed by atoms with Gasteiger partial charge in [-0.2, -0.15) is 0 Å². The van der Waals surface area contributed by atoms with Gasteiger partial charge in [-0.05, 0) is 56.6 Å². The maximum atomic E-state index is 14.1. The van der Waals surface area contributed by atoms with Crippen LogP contribution in [0.25, 0.3) is 0 Å². The van der Waals surface area contributed by atoms with Gasteiger partial charge >= 0.3 is 0 Å². The first-order valence-electron chi connectivity index (χ1n) is 8.95. The maximum absolute atomic E-state index is 14.1. The van der Waals surface area contributed by atoms with Crippen LogP contribution in [0, 0.1) is 11.6 Å². The van der Waals surface area contributed by atoms with E-state index in [0.717, 1.165) is 43.5 Å². The number of carbonyl (C=O) groups excluding carboxylic acids is 1. The first kappa shape index (κ1) is 18.5. The third-order valence-electron chi connectivity index (χ3n) is 4.79. The number of rotatable bonds is 4. The van der Waals surface area contributed by atoms with Gasteiger partial charge in [-0.3, -0.25) is 4.79 Å². The summed E-state index contributed by atoms with van der Waals surface area (Å²) >= 11 is 0. The highest BCUT2D eigenvalue weighted by molar-refractivity contribution is 5.94. The lowest BCUT2D eigenvalue weighted by molar-refractivity contribution is 0.0606. The molecule has 0 aliphatic carbocycles. The van der Waals surface area contributed by atoms with Crippen LogP contribution < -0.4 is 0 Å². The number of piperidine rings is 1. The molecule has 0 radical (unpaired) electrons. The fourth-order valence-corrected chi connectivity index (χ4v) is 3.55. The van der Waals surface area contributed by atoms with Gasteiger partial charge in [0.15, 0.2) is 0 Å². The SMILES string of the molecule is CN(C)Cc1ccc(C2CCCCN2C(=O)c2ccc(F)cc2F)cc1. The predicted molar refractivity (Wildman–Crippen MR) is 97.8 cm³/mol. The van der Waals surface area contributed by atoms with Crippen molar-refractivity contribution in [2.75, 3.05) is 20.6 Å². The van der Waals surface area contributed by atoms with Gasteiger partial charge in [0.2, 0.25) is 0 Å². The lowest BCUT2D eigenvalue weighted by atomic mass is 9.93. The van der Waals surface area contributed by atoms with E-state index in [2.05, 4.69) is 29.2 Å². The van der Waals surface area contributed by atoms with E-state index < -0.39 is 11.6 Å². The van der Waals surface area contributed by atoms with Gasteiger partial charge in [0.25, 0.3) is 5.91 Å². The molecule has 2 aromatic rings. The molecular formula is C21H24F2N2O. The Hall–Kier alpha value is -2.27. The van der Waals surface area contributed by atoms with Gasteiger partial charge in [0.05, 0.1) is 11.6 Å². The first-order chi connectivity index (χ1) is 12.5. The van der Waals surface area contributed by atoms with Crippen molar-refractivity contribution in [1.82, 2.24) is 9.80 Å². The summed E-state index contributed by atoms with van der Waals surface area (Å²) in [4.78, 5) is 16.7. The molecule has 0 N–H and O–H groups in total. The van der Waals surface area contributed by atoms with Crippen LogP contribution in [0.4, 0.5) is 8.78 Å². The minimum absolute atomic E-state index is 0.0671. The van der Waals surface area contributed by atoms with Gasteiger partial charge in [-0.25, -0.2) is 8.78 Å². The maximum Gasteiger partial charge on any atom is 0.257 e. The molecule has 0 spiro atoms. The molecular weight excluding hydrogens is 334 g/mol. The van der Waals surface area contributed by atoms with Crippen LogP contribution in [0.3, 0.4) is 0 Å². The van der Waals surface area contributed by atoms with Gasteiger partial charge in [0.1, 0.15) is 11.6 Å². The summed E-state index contributed by atoms with van der Waals surface area (Å²) in [6, 6.07) is 11.3. The molecule has 138 valence electrons. The minimum atomic E-state index is -0.805. The number of halogens is 2. The second kappa shape index (κ2) is 7.96. The Labute approximate surface area is 153 Å². The summed E-state index contributed by atoms with van der Waals surface area (Å²) in [7, 11) is 4.04. The summed E-state index contributed by atoms with van der Waals surface area (Å²) < 4.78 is 27.2. The number of hydrogen-bond acceptors (Lipinski definition) is 2. The van der Waals surface area contributed by atoms with Crippen molar-refractivity contribution in [3.63, 3.8) is 0 Å². The molecule has 2 aromatic carbocycles. The van der Waals surface area contributed by atoms with Gasteiger partial charge in [-0.15, -0.1) is 0 Å². The molecule has 1 aliphatic heterocycles. The average Bonchev–Trinajstić information content (AvgIpc) is 2.61. The molecule has 1 atom stereocenters. The molecule has 1 fully saturated rings. The summed E-state index contributed by atoms with van der Waals surface area (Å²) in [5, 5.41) is 0. The Balaban J connectivity index is 1.84. The number of likely N-dealkylation sites (tertiary alicyclic amines) is 1. The van der Waals surface area contributed by atoms with E-state index in [1.54, 1.807) is 4.90 Å². The highest BCUT2D eigenvalue weighted by Crippen LogP contribution is 2.32. The monoisotopic (exact) mass is 358 g/mol. The van der Waals surface area contributed by atoms with E-state index in [4.69, 9.17) is 0 Å². The molecule has 3 nitrogen and oxygen atoms in total. The van der Waals surface area contributed by atoms with E-state index >= 15 is 0 Å². The number of hydrogen-bond donors (Lipinski definition) is 0. The molecule has 1 unspecified atom stereocenters. The van der Waals surface area contributed by atoms with Gasteiger partial charge in [-0.1, -0.05) is 24.3 Å². The highest BCUT2D eigenvalue weighted by atomic mass is 19.1. The van der Waals surface area contributed by atoms with Crippen molar-refractivity contribution in [1.29, 1.82) is 0 Å². The summed E-state index contributed by atoms with van der Waals surface area (Å²) in [6.45, 7) is 1.44. The van der Waals surface area contributed by atoms with Crippen LogP contribution in [-0.4, -0.2) is 36.3 Å². The number of amides is 1. The molecule has 1 aliphatic rings. The average molecular weight is 358 g/mol. The standard InChI is InChI=1S/C21H24F2N2O/c1-24(2)14-15-6-8-16(9-7-15)20-5-3-4-12-25(20)21(26)18-11-10-17(22)13-19(18)23/h6-11,13,20H,3-5,12,14H2,1-2H3. The molecule has 0 bridgehead atoms. The summed E-state index contributed by atoms with van der Waals surface area (Å²) in [5.41, 5.74) is 2.20. The molecule has 3 rings (SSSR count). The minimum Gasteiger partial charge on any atom is -0.332 e. The van der Waals surface area contributed by atoms with Crippen LogP contribution in [0.15, 0.2) is 42.5 Å². The van der Waals surface area contributed by atoms with E-state index in [9.17, 15) is 13.6 Å². The topological polar surface area (TPSA) is 23.6 Å². The zero-order valence-corrected chi connectivity index (χ0v) is 15.2. The normalized spacial score (nSPS) is 17.6. The smallest absolute Gasteiger partial charge is 0.257 e. The van der Waals surface area contributed by atoms with E-state index in [1.165, 1.54) is 11.6 Å². The van der Waals surface area contributed by atoms with Crippen molar-refractivity contribution in [3.05, 3.63) is 70.8 Å². The second-order valence-corrected chi connectivity index (χ2v) is 7.11. The van der Waals surface area contributed by atoms with Crippen molar-refractivity contribution >= 4 is 5.91 Å². The molecule has 26 heavy (non-hydrogen) atoms. The van der Waals surface area contributed by atoms with Gasteiger partial charge < -0.3 is 9.80 Å². The van der Waals surface area contributed by atoms with Crippen LogP contribution in [0.1, 0.15) is 46.8 Å². The molecule has 0 saturated carbocycles. The van der Waals surface area contributed by atoms with E-state index in [-0.39, 0.29) is 17.5 Å². The van der Waals surface area contributed by atoms with Crippen LogP contribution in [0.2, 0.25) is 0 Å². The van der Waals surface area contributed by atoms with Crippen molar-refractivity contribution in [3.8, 4) is 0 Å². The number of nitrogens with zero attached hydrogens (tertiary/aromatic N) is 2. The third kappa shape index (κ3) is 4.10. The fourth-order valence-electron chi connectivity index (χ4n) is 3.55. The molecule has 1 heterocycles. The van der Waals surface area contributed by atoms with Gasteiger partial charge in [0, 0.05) is 19.2 Å². The van der Waals surface area contributed by atoms with Crippen molar-refractivity contribution in [2.45, 2.75) is 31.8 Å². The Morgan fingerprint density at radius 1 is 1.12 bits per heavy atom. The number of benzene rings is 2. The van der Waals surface area contributed by atoms with E-state index in [0.29, 0.717) is 6.54 Å². The summed E-state index contributed by atoms with van der Waals surface area (Å²) in [6.07, 6.45) is 2.77. The second-order valence-electron chi connectivity index (χ2n) is 7.11. The van der Waals surface area contributed by atoms with Crippen LogP contribution >= 0.6 is 0 Å². The van der Waals surface area contributed by atoms with Crippen molar-refractivity contribution in [2.24, 2.45) is 0 Å². The molecule has 1 saturated heterocycles. The third-order valence-corrected chi connectivity index (χ3v) is 4.79. The van der Waals surface area contributed by atoms with E-state index in [1.807, 2.05) is 14.1 Å². The Kier molecular flexibility index (Phi) is 5.67. The Morgan fingerprint density at radius 3 is 2.50 bits per heavy atom. The highest BCUT2D eigenvalue weighted by Gasteiger charge is 2.30. The molecule has 5 heteroatoms. The molecule has 0 aromatic heterocycles. The fraction of sp³-hybridized carbons (Fsp3) is 0.381.